The number of hydrogen-bond donors (Lipinski definition) is 2. The van der Waals surface area contributed by atoms with Crippen LogP contribution < -0.4 is 10.6 Å². The first-order valence-corrected chi connectivity index (χ1v) is 11.1. The zero-order valence-electron chi connectivity index (χ0n) is 19.2. The summed E-state index contributed by atoms with van der Waals surface area (Å²) in [6, 6.07) is 21.2. The second kappa shape index (κ2) is 9.69. The van der Waals surface area contributed by atoms with Crippen molar-refractivity contribution in [3.05, 3.63) is 94.8 Å². The number of aryl methyl sites for hydroxylation is 3. The molecule has 1 heterocycles. The lowest BCUT2D eigenvalue weighted by molar-refractivity contribution is -0.116. The van der Waals surface area contributed by atoms with Gasteiger partial charge in [-0.1, -0.05) is 48.5 Å². The van der Waals surface area contributed by atoms with Crippen LogP contribution in [0, 0.1) is 20.8 Å². The van der Waals surface area contributed by atoms with Crippen molar-refractivity contribution < 1.29 is 9.59 Å². The van der Waals surface area contributed by atoms with Gasteiger partial charge in [0.1, 0.15) is 12.4 Å². The van der Waals surface area contributed by atoms with E-state index < -0.39 is 0 Å². The number of fused-ring (bicyclic) bond motifs is 1. The summed E-state index contributed by atoms with van der Waals surface area (Å²) in [5.41, 5.74) is 6.23. The van der Waals surface area contributed by atoms with E-state index in [4.69, 9.17) is 4.98 Å². The molecule has 0 aliphatic heterocycles. The lowest BCUT2D eigenvalue weighted by Gasteiger charge is -2.14. The van der Waals surface area contributed by atoms with Gasteiger partial charge in [-0.25, -0.2) is 4.98 Å². The standard InChI is InChI=1S/C27H28N4O2/c1-18-9-4-5-12-21(18)27(33)28-16-15-24-29-22-13-6-7-14-23(22)31(24)17-25(32)30-26-19(2)10-8-11-20(26)3/h4-14H,15-17H2,1-3H3,(H,28,33)(H,30,32). The molecule has 0 unspecified atom stereocenters. The molecule has 168 valence electrons. The van der Waals surface area contributed by atoms with Gasteiger partial charge in [-0.2, -0.15) is 0 Å². The Balaban J connectivity index is 1.50. The first kappa shape index (κ1) is 22.3. The van der Waals surface area contributed by atoms with Crippen LogP contribution in [0.15, 0.2) is 66.7 Å². The Hall–Kier alpha value is -3.93. The summed E-state index contributed by atoms with van der Waals surface area (Å²) in [6.07, 6.45) is 0.517. The van der Waals surface area contributed by atoms with Crippen LogP contribution >= 0.6 is 0 Å². The van der Waals surface area contributed by atoms with Gasteiger partial charge >= 0.3 is 0 Å². The Bertz CT molecular complexity index is 1300. The number of nitrogens with zero attached hydrogens (tertiary/aromatic N) is 2. The molecule has 0 radical (unpaired) electrons. The van der Waals surface area contributed by atoms with Crippen molar-refractivity contribution in [3.63, 3.8) is 0 Å². The number of hydrogen-bond acceptors (Lipinski definition) is 3. The van der Waals surface area contributed by atoms with Gasteiger partial charge in [0.05, 0.1) is 11.0 Å². The Morgan fingerprint density at radius 1 is 0.848 bits per heavy atom. The molecule has 0 atom stereocenters. The summed E-state index contributed by atoms with van der Waals surface area (Å²) >= 11 is 0. The summed E-state index contributed by atoms with van der Waals surface area (Å²) in [4.78, 5) is 30.2. The number of aromatic nitrogens is 2. The fraction of sp³-hybridized carbons (Fsp3) is 0.222. The van der Waals surface area contributed by atoms with Crippen molar-refractivity contribution in [2.24, 2.45) is 0 Å². The van der Waals surface area contributed by atoms with Crippen LogP contribution in [0.25, 0.3) is 11.0 Å². The predicted molar refractivity (Wildman–Crippen MR) is 131 cm³/mol. The molecule has 6 nitrogen and oxygen atoms in total. The van der Waals surface area contributed by atoms with E-state index in [1.54, 1.807) is 0 Å². The Morgan fingerprint density at radius 2 is 1.52 bits per heavy atom. The number of benzene rings is 3. The molecular weight excluding hydrogens is 412 g/mol. The number of nitrogens with one attached hydrogen (secondary N) is 2. The molecule has 0 aliphatic rings. The van der Waals surface area contributed by atoms with Crippen molar-refractivity contribution in [1.29, 1.82) is 0 Å². The number of anilines is 1. The molecule has 2 N–H and O–H groups in total. The molecule has 4 aromatic rings. The van der Waals surface area contributed by atoms with E-state index >= 15 is 0 Å². The smallest absolute Gasteiger partial charge is 0.251 e. The molecule has 0 spiro atoms. The fourth-order valence-corrected chi connectivity index (χ4v) is 4.04. The molecule has 1 aromatic heterocycles. The van der Waals surface area contributed by atoms with Crippen molar-refractivity contribution in [2.75, 3.05) is 11.9 Å². The van der Waals surface area contributed by atoms with Crippen molar-refractivity contribution in [3.8, 4) is 0 Å². The van der Waals surface area contributed by atoms with Crippen LogP contribution in [0.1, 0.15) is 32.9 Å². The molecule has 0 aliphatic carbocycles. The zero-order chi connectivity index (χ0) is 23.4. The maximum Gasteiger partial charge on any atom is 0.251 e. The van der Waals surface area contributed by atoms with Crippen LogP contribution in [0.3, 0.4) is 0 Å². The predicted octanol–water partition coefficient (Wildman–Crippen LogP) is 4.57. The minimum atomic E-state index is -0.110. The zero-order valence-corrected chi connectivity index (χ0v) is 19.2. The van der Waals surface area contributed by atoms with Gasteiger partial charge in [0, 0.05) is 24.2 Å². The highest BCUT2D eigenvalue weighted by atomic mass is 16.2. The number of amides is 2. The van der Waals surface area contributed by atoms with Crippen LogP contribution in [0.5, 0.6) is 0 Å². The molecular formula is C27H28N4O2. The number of carbonyl (C=O) groups is 2. The third-order valence-corrected chi connectivity index (χ3v) is 5.80. The fourth-order valence-electron chi connectivity index (χ4n) is 4.04. The van der Waals surface area contributed by atoms with Gasteiger partial charge in [0.15, 0.2) is 0 Å². The summed E-state index contributed by atoms with van der Waals surface area (Å²) in [5, 5.41) is 6.03. The molecule has 3 aromatic carbocycles. The SMILES string of the molecule is Cc1ccccc1C(=O)NCCc1nc2ccccc2n1CC(=O)Nc1c(C)cccc1C. The molecule has 0 fully saturated rings. The first-order chi connectivity index (χ1) is 15.9. The summed E-state index contributed by atoms with van der Waals surface area (Å²) in [5.74, 6) is 0.544. The third-order valence-electron chi connectivity index (χ3n) is 5.80. The van der Waals surface area contributed by atoms with Gasteiger partial charge in [-0.05, 0) is 55.7 Å². The monoisotopic (exact) mass is 440 g/mol. The summed E-state index contributed by atoms with van der Waals surface area (Å²) in [6.45, 7) is 6.46. The van der Waals surface area contributed by atoms with E-state index in [0.717, 1.165) is 39.2 Å². The molecule has 2 amide bonds. The third kappa shape index (κ3) is 4.95. The topological polar surface area (TPSA) is 76.0 Å². The second-order valence-electron chi connectivity index (χ2n) is 8.24. The molecule has 0 saturated heterocycles. The highest BCUT2D eigenvalue weighted by Gasteiger charge is 2.15. The quantitative estimate of drug-likeness (QED) is 0.442. The second-order valence-corrected chi connectivity index (χ2v) is 8.24. The highest BCUT2D eigenvalue weighted by molar-refractivity contribution is 5.95. The lowest BCUT2D eigenvalue weighted by atomic mass is 10.1. The van der Waals surface area contributed by atoms with E-state index in [0.29, 0.717) is 18.5 Å². The number of rotatable bonds is 7. The molecule has 6 heteroatoms. The van der Waals surface area contributed by atoms with Crippen LogP contribution in [-0.4, -0.2) is 27.9 Å². The van der Waals surface area contributed by atoms with Gasteiger partial charge in [-0.3, -0.25) is 9.59 Å². The maximum atomic E-state index is 13.0. The average Bonchev–Trinajstić information content (AvgIpc) is 3.14. The van der Waals surface area contributed by atoms with E-state index in [1.165, 1.54) is 0 Å². The van der Waals surface area contributed by atoms with Crippen LogP contribution in [0.2, 0.25) is 0 Å². The number of imidazole rings is 1. The minimum absolute atomic E-state index is 0.108. The van der Waals surface area contributed by atoms with E-state index in [1.807, 2.05) is 92.1 Å². The largest absolute Gasteiger partial charge is 0.352 e. The lowest BCUT2D eigenvalue weighted by Crippen LogP contribution is -2.28. The van der Waals surface area contributed by atoms with Gasteiger partial charge in [-0.15, -0.1) is 0 Å². The summed E-state index contributed by atoms with van der Waals surface area (Å²) < 4.78 is 1.93. The number of para-hydroxylation sites is 3. The van der Waals surface area contributed by atoms with E-state index in [9.17, 15) is 9.59 Å². The Kier molecular flexibility index (Phi) is 6.54. The van der Waals surface area contributed by atoms with E-state index in [2.05, 4.69) is 10.6 Å². The van der Waals surface area contributed by atoms with Gasteiger partial charge < -0.3 is 15.2 Å². The number of carbonyl (C=O) groups excluding carboxylic acids is 2. The van der Waals surface area contributed by atoms with Gasteiger partial charge in [0.25, 0.3) is 5.91 Å². The first-order valence-electron chi connectivity index (χ1n) is 11.1. The van der Waals surface area contributed by atoms with Gasteiger partial charge in [0.2, 0.25) is 5.91 Å². The molecule has 0 saturated carbocycles. The minimum Gasteiger partial charge on any atom is -0.352 e. The molecule has 33 heavy (non-hydrogen) atoms. The van der Waals surface area contributed by atoms with Crippen molar-refractivity contribution >= 4 is 28.5 Å². The average molecular weight is 441 g/mol. The van der Waals surface area contributed by atoms with Crippen LogP contribution in [0.4, 0.5) is 5.69 Å². The highest BCUT2D eigenvalue weighted by Crippen LogP contribution is 2.21. The normalized spacial score (nSPS) is 10.9. The van der Waals surface area contributed by atoms with Crippen molar-refractivity contribution in [2.45, 2.75) is 33.7 Å². The Labute approximate surface area is 193 Å². The molecule has 4 rings (SSSR count). The van der Waals surface area contributed by atoms with Crippen LogP contribution in [-0.2, 0) is 17.8 Å². The van der Waals surface area contributed by atoms with E-state index in [-0.39, 0.29) is 18.4 Å². The molecule has 0 bridgehead atoms. The van der Waals surface area contributed by atoms with Crippen molar-refractivity contribution in [1.82, 2.24) is 14.9 Å². The maximum absolute atomic E-state index is 13.0. The Morgan fingerprint density at radius 3 is 2.27 bits per heavy atom. The summed E-state index contributed by atoms with van der Waals surface area (Å²) in [7, 11) is 0.